The van der Waals surface area contributed by atoms with Crippen molar-refractivity contribution in [3.8, 4) is 0 Å². The maximum absolute atomic E-state index is 12.1. The molecule has 0 radical (unpaired) electrons. The number of benzene rings is 1. The lowest BCUT2D eigenvalue weighted by Gasteiger charge is -2.38. The third-order valence-corrected chi connectivity index (χ3v) is 4.67. The van der Waals surface area contributed by atoms with Gasteiger partial charge in [-0.15, -0.1) is 0 Å². The fourth-order valence-corrected chi connectivity index (χ4v) is 3.38. The number of hydroxylamine groups is 2. The van der Waals surface area contributed by atoms with Crippen molar-refractivity contribution >= 4 is 5.91 Å². The zero-order valence-corrected chi connectivity index (χ0v) is 13.1. The van der Waals surface area contributed by atoms with Crippen LogP contribution in [0.15, 0.2) is 30.3 Å². The van der Waals surface area contributed by atoms with Gasteiger partial charge in [-0.3, -0.25) is 9.63 Å². The van der Waals surface area contributed by atoms with Gasteiger partial charge in [0.1, 0.15) is 5.60 Å². The van der Waals surface area contributed by atoms with Gasteiger partial charge in [-0.1, -0.05) is 30.3 Å². The molecule has 5 nitrogen and oxygen atoms in total. The lowest BCUT2D eigenvalue weighted by atomic mass is 9.86. The highest BCUT2D eigenvalue weighted by atomic mass is 16.7. The van der Waals surface area contributed by atoms with Crippen LogP contribution in [0.1, 0.15) is 31.2 Å². The number of ether oxygens (including phenoxy) is 1. The van der Waals surface area contributed by atoms with E-state index in [1.54, 1.807) is 0 Å². The predicted octanol–water partition coefficient (Wildman–Crippen LogP) is 1.83. The van der Waals surface area contributed by atoms with E-state index in [1.165, 1.54) is 17.7 Å². The van der Waals surface area contributed by atoms with E-state index in [1.807, 2.05) is 18.2 Å². The first-order valence-electron chi connectivity index (χ1n) is 8.03. The fraction of sp³-hybridized carbons (Fsp3) is 0.588. The molecule has 0 spiro atoms. The van der Waals surface area contributed by atoms with Crippen LogP contribution >= 0.6 is 0 Å². The monoisotopic (exact) mass is 304 g/mol. The molecule has 0 bridgehead atoms. The summed E-state index contributed by atoms with van der Waals surface area (Å²) in [6, 6.07) is 10.2. The normalized spacial score (nSPS) is 29.0. The molecule has 0 aliphatic carbocycles. The molecule has 22 heavy (non-hydrogen) atoms. The van der Waals surface area contributed by atoms with Crippen molar-refractivity contribution in [1.29, 1.82) is 0 Å². The van der Waals surface area contributed by atoms with Crippen LogP contribution in [-0.2, 0) is 20.0 Å². The summed E-state index contributed by atoms with van der Waals surface area (Å²) < 4.78 is 6.18. The molecule has 2 unspecified atom stereocenters. The van der Waals surface area contributed by atoms with Crippen LogP contribution in [0, 0.1) is 0 Å². The van der Waals surface area contributed by atoms with Crippen molar-refractivity contribution in [3.63, 3.8) is 0 Å². The maximum Gasteiger partial charge on any atom is 0.263 e. The molecular weight excluding hydrogens is 280 g/mol. The van der Waals surface area contributed by atoms with Crippen LogP contribution in [0.25, 0.3) is 0 Å². The molecule has 2 atom stereocenters. The van der Waals surface area contributed by atoms with Gasteiger partial charge in [-0.2, -0.15) is 0 Å². The zero-order valence-electron chi connectivity index (χ0n) is 13.1. The Morgan fingerprint density at radius 3 is 2.82 bits per heavy atom. The van der Waals surface area contributed by atoms with Gasteiger partial charge in [-0.05, 0) is 31.2 Å². The van der Waals surface area contributed by atoms with Gasteiger partial charge in [0.2, 0.25) is 0 Å². The van der Waals surface area contributed by atoms with Crippen molar-refractivity contribution in [3.05, 3.63) is 35.9 Å². The minimum Gasteiger partial charge on any atom is -0.369 e. The van der Waals surface area contributed by atoms with Gasteiger partial charge in [0.25, 0.3) is 5.91 Å². The van der Waals surface area contributed by atoms with E-state index in [0.717, 1.165) is 32.3 Å². The summed E-state index contributed by atoms with van der Waals surface area (Å²) in [5.41, 5.74) is 0.872. The summed E-state index contributed by atoms with van der Waals surface area (Å²) in [4.78, 5) is 17.2. The molecular formula is C17H24N2O3. The first-order valence-corrected chi connectivity index (χ1v) is 8.03. The lowest BCUT2D eigenvalue weighted by molar-refractivity contribution is -0.168. The molecule has 0 aromatic heterocycles. The number of amides is 1. The number of carbonyl (C=O) groups is 1. The zero-order chi connectivity index (χ0) is 15.4. The molecule has 0 saturated carbocycles. The first kappa shape index (κ1) is 15.5. The molecule has 1 amide bonds. The Kier molecular flexibility index (Phi) is 4.76. The summed E-state index contributed by atoms with van der Waals surface area (Å²) >= 11 is 0. The third-order valence-electron chi connectivity index (χ3n) is 4.67. The van der Waals surface area contributed by atoms with E-state index in [9.17, 15) is 4.79 Å². The summed E-state index contributed by atoms with van der Waals surface area (Å²) in [6.45, 7) is 2.08. The van der Waals surface area contributed by atoms with Gasteiger partial charge >= 0.3 is 0 Å². The molecule has 120 valence electrons. The molecule has 2 aliphatic rings. The Bertz CT molecular complexity index is 500. The second kappa shape index (κ2) is 6.77. The third kappa shape index (κ3) is 3.02. The highest BCUT2D eigenvalue weighted by Crippen LogP contribution is 2.34. The highest BCUT2D eigenvalue weighted by molar-refractivity contribution is 5.82. The number of carbonyl (C=O) groups excluding carboxylic acids is 1. The smallest absolute Gasteiger partial charge is 0.263 e. The Morgan fingerprint density at radius 1 is 1.36 bits per heavy atom. The molecule has 2 fully saturated rings. The molecule has 2 aliphatic heterocycles. The number of hydrogen-bond donors (Lipinski definition) is 1. The largest absolute Gasteiger partial charge is 0.369 e. The molecule has 2 heterocycles. The molecule has 3 rings (SSSR count). The van der Waals surface area contributed by atoms with Gasteiger partial charge in [0.05, 0.1) is 19.7 Å². The van der Waals surface area contributed by atoms with E-state index in [0.29, 0.717) is 13.1 Å². The van der Waals surface area contributed by atoms with Crippen molar-refractivity contribution in [2.45, 2.75) is 37.3 Å². The van der Waals surface area contributed by atoms with Crippen LogP contribution in [0.3, 0.4) is 0 Å². The molecule has 1 aromatic rings. The summed E-state index contributed by atoms with van der Waals surface area (Å²) in [6.07, 6.45) is 4.02. The second-order valence-electron chi connectivity index (χ2n) is 6.01. The molecule has 5 heteroatoms. The van der Waals surface area contributed by atoms with Gasteiger partial charge in [0, 0.05) is 13.2 Å². The number of rotatable bonds is 5. The quantitative estimate of drug-likeness (QED) is 0.902. The Labute approximate surface area is 131 Å². The standard InChI is InChI=1S/C17H24N2O3/c1-21-19-11-9-15(16(19)20)18-13-17(10-5-6-12-22-17)14-7-3-2-4-8-14/h2-4,7-8,15,18H,5-6,9-13H2,1H3. The van der Waals surface area contributed by atoms with Crippen molar-refractivity contribution in [1.82, 2.24) is 10.4 Å². The molecule has 1 N–H and O–H groups in total. The lowest BCUT2D eigenvalue weighted by Crippen LogP contribution is -2.48. The molecule has 1 aromatic carbocycles. The average Bonchev–Trinajstić information content (AvgIpc) is 2.95. The van der Waals surface area contributed by atoms with Crippen LogP contribution in [0.2, 0.25) is 0 Å². The Hall–Kier alpha value is -1.43. The van der Waals surface area contributed by atoms with E-state index in [4.69, 9.17) is 9.57 Å². The van der Waals surface area contributed by atoms with E-state index in [-0.39, 0.29) is 17.6 Å². The van der Waals surface area contributed by atoms with Crippen molar-refractivity contribution in [2.24, 2.45) is 0 Å². The predicted molar refractivity (Wildman–Crippen MR) is 83.1 cm³/mol. The van der Waals surface area contributed by atoms with Crippen molar-refractivity contribution < 1.29 is 14.4 Å². The summed E-state index contributed by atoms with van der Waals surface area (Å²) in [7, 11) is 1.54. The minimum absolute atomic E-state index is 0.0153. The van der Waals surface area contributed by atoms with E-state index < -0.39 is 0 Å². The Balaban J connectivity index is 1.70. The average molecular weight is 304 g/mol. The number of nitrogens with one attached hydrogen (secondary N) is 1. The van der Waals surface area contributed by atoms with Gasteiger partial charge < -0.3 is 10.1 Å². The van der Waals surface area contributed by atoms with Crippen LogP contribution < -0.4 is 5.32 Å². The highest BCUT2D eigenvalue weighted by Gasteiger charge is 2.38. The van der Waals surface area contributed by atoms with Crippen LogP contribution in [0.5, 0.6) is 0 Å². The molecule has 2 saturated heterocycles. The van der Waals surface area contributed by atoms with Crippen LogP contribution in [-0.4, -0.2) is 43.8 Å². The summed E-state index contributed by atoms with van der Waals surface area (Å²) in [5, 5.41) is 4.83. The Morgan fingerprint density at radius 2 is 2.18 bits per heavy atom. The topological polar surface area (TPSA) is 50.8 Å². The second-order valence-corrected chi connectivity index (χ2v) is 6.01. The summed E-state index contributed by atoms with van der Waals surface area (Å²) in [5.74, 6) is 0.0153. The maximum atomic E-state index is 12.1. The number of hydrogen-bond acceptors (Lipinski definition) is 4. The van der Waals surface area contributed by atoms with Crippen molar-refractivity contribution in [2.75, 3.05) is 26.8 Å². The van der Waals surface area contributed by atoms with Gasteiger partial charge in [-0.25, -0.2) is 5.06 Å². The number of nitrogens with zero attached hydrogens (tertiary/aromatic N) is 1. The van der Waals surface area contributed by atoms with E-state index >= 15 is 0 Å². The fourth-order valence-electron chi connectivity index (χ4n) is 3.38. The first-order chi connectivity index (χ1) is 10.7. The van der Waals surface area contributed by atoms with Gasteiger partial charge in [0.15, 0.2) is 0 Å². The van der Waals surface area contributed by atoms with Crippen LogP contribution in [0.4, 0.5) is 0 Å². The minimum atomic E-state index is -0.319. The SMILES string of the molecule is CON1CCC(NCC2(c3ccccc3)CCCCO2)C1=O. The van der Waals surface area contributed by atoms with E-state index in [2.05, 4.69) is 17.4 Å².